The highest BCUT2D eigenvalue weighted by molar-refractivity contribution is 7.80. The number of rotatable bonds is 7. The minimum Gasteiger partial charge on any atom is -0.393 e. The fourth-order valence-electron chi connectivity index (χ4n) is 1.74. The fourth-order valence-corrected chi connectivity index (χ4v) is 1.96. The third-order valence-electron chi connectivity index (χ3n) is 2.92. The predicted octanol–water partition coefficient (Wildman–Crippen LogP) is 0.426. The van der Waals surface area contributed by atoms with Gasteiger partial charge in [-0.15, -0.1) is 0 Å². The molecule has 1 rings (SSSR count). The van der Waals surface area contributed by atoms with E-state index in [2.05, 4.69) is 5.32 Å². The number of nitrogens with two attached hydrogens (primary N) is 1. The van der Waals surface area contributed by atoms with Crippen molar-refractivity contribution in [1.82, 2.24) is 10.2 Å². The summed E-state index contributed by atoms with van der Waals surface area (Å²) >= 11 is 4.90. The second-order valence-electron chi connectivity index (χ2n) is 4.78. The summed E-state index contributed by atoms with van der Waals surface area (Å²) in [7, 11) is 1.61. The Balaban J connectivity index is 2.46. The molecule has 1 atom stereocenters. The van der Waals surface area contributed by atoms with E-state index < -0.39 is 5.92 Å². The zero-order valence-corrected chi connectivity index (χ0v) is 11.8. The Morgan fingerprint density at radius 1 is 1.50 bits per heavy atom. The minimum atomic E-state index is -0.455. The van der Waals surface area contributed by atoms with Crippen LogP contribution in [0.15, 0.2) is 0 Å². The summed E-state index contributed by atoms with van der Waals surface area (Å²) in [5, 5.41) is 2.84. The number of hydrogen-bond acceptors (Lipinski definition) is 3. The molecule has 3 N–H and O–H groups in total. The van der Waals surface area contributed by atoms with Crippen LogP contribution >= 0.6 is 12.2 Å². The van der Waals surface area contributed by atoms with Crippen molar-refractivity contribution in [3.8, 4) is 0 Å². The van der Waals surface area contributed by atoms with Gasteiger partial charge in [-0.1, -0.05) is 25.6 Å². The Morgan fingerprint density at radius 2 is 2.11 bits per heavy atom. The Kier molecular flexibility index (Phi) is 5.53. The average molecular weight is 271 g/mol. The number of amides is 2. The van der Waals surface area contributed by atoms with Crippen molar-refractivity contribution in [3.05, 3.63) is 0 Å². The van der Waals surface area contributed by atoms with E-state index in [9.17, 15) is 9.59 Å². The maximum Gasteiger partial charge on any atom is 0.239 e. The van der Waals surface area contributed by atoms with Gasteiger partial charge >= 0.3 is 0 Å². The number of hydrogen-bond donors (Lipinski definition) is 2. The van der Waals surface area contributed by atoms with Gasteiger partial charge in [0, 0.05) is 13.1 Å². The van der Waals surface area contributed by atoms with Crippen LogP contribution in [0.25, 0.3) is 0 Å². The molecule has 0 aliphatic heterocycles. The lowest BCUT2D eigenvalue weighted by Crippen LogP contribution is -2.44. The molecule has 0 radical (unpaired) electrons. The van der Waals surface area contributed by atoms with Gasteiger partial charge in [0.15, 0.2) is 0 Å². The third-order valence-corrected chi connectivity index (χ3v) is 3.20. The molecular formula is C12H21N3O2S. The Morgan fingerprint density at radius 3 is 2.56 bits per heavy atom. The Hall–Kier alpha value is -1.17. The lowest BCUT2D eigenvalue weighted by Gasteiger charge is -2.22. The quantitative estimate of drug-likeness (QED) is 0.658. The van der Waals surface area contributed by atoms with Crippen LogP contribution in [0.2, 0.25) is 0 Å². The maximum absolute atomic E-state index is 12.1. The SMILES string of the molecule is CCCC(C(=O)N(C)CC(=O)NC1CC1)C(N)=S. The summed E-state index contributed by atoms with van der Waals surface area (Å²) in [6.45, 7) is 2.04. The molecule has 0 spiro atoms. The molecule has 1 aliphatic rings. The van der Waals surface area contributed by atoms with E-state index in [1.807, 2.05) is 6.92 Å². The van der Waals surface area contributed by atoms with Crippen LogP contribution in [-0.4, -0.2) is 41.3 Å². The number of nitrogens with one attached hydrogen (secondary N) is 1. The summed E-state index contributed by atoms with van der Waals surface area (Å²) in [6, 6.07) is 0.308. The van der Waals surface area contributed by atoms with Gasteiger partial charge in [-0.3, -0.25) is 9.59 Å². The molecule has 1 unspecified atom stereocenters. The molecule has 18 heavy (non-hydrogen) atoms. The molecule has 0 aromatic carbocycles. The van der Waals surface area contributed by atoms with Gasteiger partial charge in [-0.2, -0.15) is 0 Å². The van der Waals surface area contributed by atoms with Gasteiger partial charge in [0.2, 0.25) is 11.8 Å². The number of likely N-dealkylation sites (N-methyl/N-ethyl adjacent to an activating group) is 1. The zero-order valence-electron chi connectivity index (χ0n) is 10.9. The molecule has 2 amide bonds. The van der Waals surface area contributed by atoms with Gasteiger partial charge in [0.25, 0.3) is 0 Å². The van der Waals surface area contributed by atoms with E-state index in [0.717, 1.165) is 19.3 Å². The van der Waals surface area contributed by atoms with E-state index in [1.165, 1.54) is 4.90 Å². The molecule has 102 valence electrons. The predicted molar refractivity (Wildman–Crippen MR) is 74.0 cm³/mol. The van der Waals surface area contributed by atoms with Crippen LogP contribution in [0.1, 0.15) is 32.6 Å². The lowest BCUT2D eigenvalue weighted by atomic mass is 10.0. The van der Waals surface area contributed by atoms with Crippen molar-refractivity contribution >= 4 is 29.0 Å². The Bertz CT molecular complexity index is 342. The van der Waals surface area contributed by atoms with Crippen molar-refractivity contribution in [3.63, 3.8) is 0 Å². The smallest absolute Gasteiger partial charge is 0.239 e. The molecule has 0 saturated heterocycles. The van der Waals surface area contributed by atoms with Crippen molar-refractivity contribution in [2.75, 3.05) is 13.6 Å². The lowest BCUT2D eigenvalue weighted by molar-refractivity contribution is -0.136. The largest absolute Gasteiger partial charge is 0.393 e. The molecule has 1 aliphatic carbocycles. The van der Waals surface area contributed by atoms with Crippen LogP contribution in [0.5, 0.6) is 0 Å². The van der Waals surface area contributed by atoms with Crippen LogP contribution in [0.4, 0.5) is 0 Å². The molecule has 0 aromatic heterocycles. The summed E-state index contributed by atoms with van der Waals surface area (Å²) in [6.07, 6.45) is 3.53. The van der Waals surface area contributed by atoms with Crippen LogP contribution in [0, 0.1) is 5.92 Å². The summed E-state index contributed by atoms with van der Waals surface area (Å²) in [5.74, 6) is -0.745. The van der Waals surface area contributed by atoms with Crippen LogP contribution in [-0.2, 0) is 9.59 Å². The van der Waals surface area contributed by atoms with E-state index in [0.29, 0.717) is 12.5 Å². The van der Waals surface area contributed by atoms with E-state index in [1.54, 1.807) is 7.05 Å². The second-order valence-corrected chi connectivity index (χ2v) is 5.25. The number of thiocarbonyl (C=S) groups is 1. The highest BCUT2D eigenvalue weighted by Gasteiger charge is 2.27. The monoisotopic (exact) mass is 271 g/mol. The molecule has 5 nitrogen and oxygen atoms in total. The van der Waals surface area contributed by atoms with E-state index in [4.69, 9.17) is 18.0 Å². The first-order valence-electron chi connectivity index (χ1n) is 6.29. The highest BCUT2D eigenvalue weighted by atomic mass is 32.1. The van der Waals surface area contributed by atoms with Gasteiger partial charge in [0.05, 0.1) is 17.5 Å². The normalized spacial score (nSPS) is 15.9. The topological polar surface area (TPSA) is 75.4 Å². The van der Waals surface area contributed by atoms with Crippen molar-refractivity contribution in [2.45, 2.75) is 38.6 Å². The van der Waals surface area contributed by atoms with Crippen molar-refractivity contribution < 1.29 is 9.59 Å². The van der Waals surface area contributed by atoms with Crippen molar-refractivity contribution in [2.24, 2.45) is 11.7 Å². The fraction of sp³-hybridized carbons (Fsp3) is 0.750. The summed E-state index contributed by atoms with van der Waals surface area (Å²) in [4.78, 5) is 25.3. The van der Waals surface area contributed by atoms with Gasteiger partial charge in [-0.25, -0.2) is 0 Å². The van der Waals surface area contributed by atoms with Crippen molar-refractivity contribution in [1.29, 1.82) is 0 Å². The van der Waals surface area contributed by atoms with Crippen LogP contribution < -0.4 is 11.1 Å². The van der Waals surface area contributed by atoms with Gasteiger partial charge < -0.3 is 16.0 Å². The molecule has 1 fully saturated rings. The number of nitrogens with zero attached hydrogens (tertiary/aromatic N) is 1. The van der Waals surface area contributed by atoms with Gasteiger partial charge in [-0.05, 0) is 19.3 Å². The molecule has 1 saturated carbocycles. The average Bonchev–Trinajstić information content (AvgIpc) is 3.08. The summed E-state index contributed by atoms with van der Waals surface area (Å²) < 4.78 is 0. The second kappa shape index (κ2) is 6.68. The molecule has 6 heteroatoms. The first kappa shape index (κ1) is 14.9. The Labute approximate surface area is 113 Å². The van der Waals surface area contributed by atoms with Crippen LogP contribution in [0.3, 0.4) is 0 Å². The minimum absolute atomic E-state index is 0.0676. The third kappa shape index (κ3) is 4.60. The molecule has 0 aromatic rings. The summed E-state index contributed by atoms with van der Waals surface area (Å²) in [5.41, 5.74) is 5.57. The highest BCUT2D eigenvalue weighted by Crippen LogP contribution is 2.18. The molecule has 0 heterocycles. The standard InChI is InChI=1S/C12H21N3O2S/c1-3-4-9(11(13)18)12(17)15(2)7-10(16)14-8-5-6-8/h8-9H,3-7H2,1-2H3,(H2,13,18)(H,14,16). The van der Waals surface area contributed by atoms with E-state index in [-0.39, 0.29) is 23.3 Å². The molecule has 0 bridgehead atoms. The maximum atomic E-state index is 12.1. The first-order valence-corrected chi connectivity index (χ1v) is 6.70. The zero-order chi connectivity index (χ0) is 13.7. The number of carbonyl (C=O) groups is 2. The number of carbonyl (C=O) groups excluding carboxylic acids is 2. The van der Waals surface area contributed by atoms with E-state index >= 15 is 0 Å². The first-order chi connectivity index (χ1) is 8.45. The molecular weight excluding hydrogens is 250 g/mol. The van der Waals surface area contributed by atoms with Gasteiger partial charge in [0.1, 0.15) is 0 Å².